The van der Waals surface area contributed by atoms with Crippen molar-refractivity contribution in [1.29, 1.82) is 0 Å². The number of hydrogen-bond acceptors (Lipinski definition) is 5. The third-order valence-electron chi connectivity index (χ3n) is 4.46. The lowest BCUT2D eigenvalue weighted by molar-refractivity contribution is 0.454. The van der Waals surface area contributed by atoms with Gasteiger partial charge in [0.25, 0.3) is 10.0 Å². The van der Waals surface area contributed by atoms with Gasteiger partial charge in [0.2, 0.25) is 0 Å². The van der Waals surface area contributed by atoms with Crippen LogP contribution >= 0.6 is 11.3 Å². The van der Waals surface area contributed by atoms with Crippen LogP contribution in [0.4, 0.5) is 0 Å². The zero-order valence-electron chi connectivity index (χ0n) is 13.5. The van der Waals surface area contributed by atoms with Crippen LogP contribution in [0.15, 0.2) is 58.4 Å². The zero-order valence-corrected chi connectivity index (χ0v) is 15.2. The third kappa shape index (κ3) is 3.24. The molecule has 0 amide bonds. The molecular formula is C17H18N4O2S2. The number of nitrogens with zero attached hydrogens (tertiary/aromatic N) is 4. The van der Waals surface area contributed by atoms with E-state index in [-0.39, 0.29) is 5.92 Å². The van der Waals surface area contributed by atoms with Gasteiger partial charge >= 0.3 is 0 Å². The molecule has 0 N–H and O–H groups in total. The summed E-state index contributed by atoms with van der Waals surface area (Å²) in [6.07, 6.45) is 3.26. The van der Waals surface area contributed by atoms with Crippen LogP contribution in [0.2, 0.25) is 0 Å². The molecule has 0 saturated carbocycles. The highest BCUT2D eigenvalue weighted by molar-refractivity contribution is 7.91. The van der Waals surface area contributed by atoms with Gasteiger partial charge in [0.15, 0.2) is 0 Å². The highest BCUT2D eigenvalue weighted by Gasteiger charge is 2.33. The van der Waals surface area contributed by atoms with Crippen molar-refractivity contribution in [2.45, 2.75) is 17.1 Å². The highest BCUT2D eigenvalue weighted by atomic mass is 32.2. The van der Waals surface area contributed by atoms with Crippen molar-refractivity contribution in [1.82, 2.24) is 19.1 Å². The van der Waals surface area contributed by atoms with Crippen molar-refractivity contribution in [2.24, 2.45) is 5.92 Å². The minimum atomic E-state index is -3.36. The summed E-state index contributed by atoms with van der Waals surface area (Å²) in [5.41, 5.74) is 1.02. The second-order valence-corrected chi connectivity index (χ2v) is 9.22. The molecule has 1 unspecified atom stereocenters. The van der Waals surface area contributed by atoms with Crippen molar-refractivity contribution in [3.05, 3.63) is 60.0 Å². The van der Waals surface area contributed by atoms with Crippen LogP contribution in [-0.4, -0.2) is 40.6 Å². The summed E-state index contributed by atoms with van der Waals surface area (Å²) >= 11 is 1.27. The van der Waals surface area contributed by atoms with Gasteiger partial charge in [0.1, 0.15) is 16.4 Å². The van der Waals surface area contributed by atoms with Gasteiger partial charge in [-0.1, -0.05) is 24.3 Å². The Balaban J connectivity index is 1.49. The van der Waals surface area contributed by atoms with Crippen LogP contribution in [0.1, 0.15) is 12.2 Å². The SMILES string of the molecule is O=S(=O)(c1cccs1)N1CCC(Cc2nncn2-c2ccccc2)C1. The molecule has 4 rings (SSSR count). The Morgan fingerprint density at radius 3 is 2.76 bits per heavy atom. The second kappa shape index (κ2) is 6.70. The largest absolute Gasteiger partial charge is 0.286 e. The summed E-state index contributed by atoms with van der Waals surface area (Å²) < 4.78 is 29.2. The average molecular weight is 374 g/mol. The fourth-order valence-corrected chi connectivity index (χ4v) is 5.86. The summed E-state index contributed by atoms with van der Waals surface area (Å²) in [6, 6.07) is 13.4. The lowest BCUT2D eigenvalue weighted by Crippen LogP contribution is -2.28. The minimum absolute atomic E-state index is 0.251. The molecule has 0 radical (unpaired) electrons. The lowest BCUT2D eigenvalue weighted by Gasteiger charge is -2.15. The number of thiophene rings is 1. The van der Waals surface area contributed by atoms with E-state index in [2.05, 4.69) is 10.2 Å². The number of para-hydroxylation sites is 1. The predicted molar refractivity (Wildman–Crippen MR) is 96.2 cm³/mol. The molecule has 1 aliphatic heterocycles. The molecule has 1 atom stereocenters. The first kappa shape index (κ1) is 16.4. The molecule has 1 aliphatic rings. The zero-order chi connectivity index (χ0) is 17.3. The molecule has 8 heteroatoms. The van der Waals surface area contributed by atoms with E-state index in [0.717, 1.165) is 17.9 Å². The monoisotopic (exact) mass is 374 g/mol. The molecule has 6 nitrogen and oxygen atoms in total. The summed E-state index contributed by atoms with van der Waals surface area (Å²) in [5, 5.41) is 10.1. The van der Waals surface area contributed by atoms with Crippen molar-refractivity contribution in [3.8, 4) is 5.69 Å². The molecule has 3 heterocycles. The Morgan fingerprint density at radius 1 is 1.16 bits per heavy atom. The molecule has 1 saturated heterocycles. The lowest BCUT2D eigenvalue weighted by atomic mass is 10.0. The number of benzene rings is 1. The van der Waals surface area contributed by atoms with Gasteiger partial charge in [0.05, 0.1) is 0 Å². The van der Waals surface area contributed by atoms with Gasteiger partial charge in [-0.3, -0.25) is 4.57 Å². The predicted octanol–water partition coefficient (Wildman–Crippen LogP) is 2.58. The molecule has 3 aromatic rings. The van der Waals surface area contributed by atoms with Crippen LogP contribution in [0.3, 0.4) is 0 Å². The van der Waals surface area contributed by atoms with Crippen molar-refractivity contribution >= 4 is 21.4 Å². The van der Waals surface area contributed by atoms with Gasteiger partial charge < -0.3 is 0 Å². The van der Waals surface area contributed by atoms with E-state index in [1.54, 1.807) is 28.1 Å². The smallest absolute Gasteiger partial charge is 0.252 e. The molecule has 1 aromatic carbocycles. The third-order valence-corrected chi connectivity index (χ3v) is 7.70. The normalized spacial score (nSPS) is 18.6. The molecule has 1 fully saturated rings. The van der Waals surface area contributed by atoms with Crippen LogP contribution in [0.25, 0.3) is 5.69 Å². The number of rotatable bonds is 5. The Hall–Kier alpha value is -2.03. The summed E-state index contributed by atoms with van der Waals surface area (Å²) in [7, 11) is -3.36. The molecular weight excluding hydrogens is 356 g/mol. The summed E-state index contributed by atoms with van der Waals surface area (Å²) in [5.74, 6) is 1.12. The second-order valence-electron chi connectivity index (χ2n) is 6.11. The fraction of sp³-hybridized carbons (Fsp3) is 0.294. The van der Waals surface area contributed by atoms with Crippen LogP contribution in [0.5, 0.6) is 0 Å². The molecule has 130 valence electrons. The van der Waals surface area contributed by atoms with E-state index in [0.29, 0.717) is 23.7 Å². The Kier molecular flexibility index (Phi) is 4.41. The number of sulfonamides is 1. The van der Waals surface area contributed by atoms with E-state index in [9.17, 15) is 8.42 Å². The molecule has 0 aliphatic carbocycles. The summed E-state index contributed by atoms with van der Waals surface area (Å²) in [4.78, 5) is 0. The average Bonchev–Trinajstić information content (AvgIpc) is 3.38. The molecule has 25 heavy (non-hydrogen) atoms. The number of aromatic nitrogens is 3. The Labute approximate surface area is 150 Å². The van der Waals surface area contributed by atoms with Crippen LogP contribution in [-0.2, 0) is 16.4 Å². The van der Waals surface area contributed by atoms with E-state index >= 15 is 0 Å². The maximum absolute atomic E-state index is 12.6. The van der Waals surface area contributed by atoms with Gasteiger partial charge in [-0.05, 0) is 35.9 Å². The first-order valence-electron chi connectivity index (χ1n) is 8.12. The van der Waals surface area contributed by atoms with Gasteiger partial charge in [-0.2, -0.15) is 4.31 Å². The van der Waals surface area contributed by atoms with E-state index in [4.69, 9.17) is 0 Å². The molecule has 2 aromatic heterocycles. The molecule has 0 spiro atoms. The Morgan fingerprint density at radius 2 is 2.00 bits per heavy atom. The van der Waals surface area contributed by atoms with E-state index in [1.807, 2.05) is 34.9 Å². The fourth-order valence-electron chi connectivity index (χ4n) is 3.18. The standard InChI is InChI=1S/C17H18N4O2S2/c22-25(23,17-7-4-10-24-17)20-9-8-14(12-20)11-16-19-18-13-21(16)15-5-2-1-3-6-15/h1-7,10,13-14H,8-9,11-12H2. The van der Waals surface area contributed by atoms with Crippen LogP contribution < -0.4 is 0 Å². The van der Waals surface area contributed by atoms with Crippen LogP contribution in [0, 0.1) is 5.92 Å². The first-order chi connectivity index (χ1) is 12.1. The van der Waals surface area contributed by atoms with E-state index in [1.165, 1.54) is 11.3 Å². The highest BCUT2D eigenvalue weighted by Crippen LogP contribution is 2.28. The quantitative estimate of drug-likeness (QED) is 0.688. The van der Waals surface area contributed by atoms with Crippen molar-refractivity contribution < 1.29 is 8.42 Å². The van der Waals surface area contributed by atoms with Crippen molar-refractivity contribution in [2.75, 3.05) is 13.1 Å². The molecule has 0 bridgehead atoms. The van der Waals surface area contributed by atoms with Gasteiger partial charge in [0, 0.05) is 25.2 Å². The van der Waals surface area contributed by atoms with Crippen molar-refractivity contribution in [3.63, 3.8) is 0 Å². The summed E-state index contributed by atoms with van der Waals surface area (Å²) in [6.45, 7) is 1.09. The Bertz CT molecular complexity index is 936. The first-order valence-corrected chi connectivity index (χ1v) is 10.4. The minimum Gasteiger partial charge on any atom is -0.286 e. The maximum Gasteiger partial charge on any atom is 0.252 e. The van der Waals surface area contributed by atoms with Gasteiger partial charge in [-0.25, -0.2) is 8.42 Å². The number of hydrogen-bond donors (Lipinski definition) is 0. The topological polar surface area (TPSA) is 68.1 Å². The maximum atomic E-state index is 12.6. The van der Waals surface area contributed by atoms with Gasteiger partial charge in [-0.15, -0.1) is 21.5 Å². The van der Waals surface area contributed by atoms with E-state index < -0.39 is 10.0 Å².